The Bertz CT molecular complexity index is 233. The summed E-state index contributed by atoms with van der Waals surface area (Å²) in [4.78, 5) is 0. The minimum atomic E-state index is -0.421. The van der Waals surface area contributed by atoms with E-state index >= 15 is 0 Å². The highest BCUT2D eigenvalue weighted by molar-refractivity contribution is 5.04. The topological polar surface area (TPSA) is 45.0 Å². The van der Waals surface area contributed by atoms with E-state index in [4.69, 9.17) is 10.00 Å². The van der Waals surface area contributed by atoms with E-state index in [-0.39, 0.29) is 0 Å². The van der Waals surface area contributed by atoms with E-state index in [9.17, 15) is 0 Å². The lowest BCUT2D eigenvalue weighted by Gasteiger charge is -2.25. The number of nitrogens with one attached hydrogen (secondary N) is 1. The van der Waals surface area contributed by atoms with Crippen molar-refractivity contribution < 1.29 is 4.74 Å². The molecule has 1 atom stereocenters. The van der Waals surface area contributed by atoms with Crippen LogP contribution < -0.4 is 5.32 Å². The third-order valence-corrected chi connectivity index (χ3v) is 2.66. The number of hydrogen-bond acceptors (Lipinski definition) is 3. The molecule has 0 radical (unpaired) electrons. The molecule has 3 heteroatoms. The Morgan fingerprint density at radius 2 is 1.88 bits per heavy atom. The largest absolute Gasteiger partial charge is 0.381 e. The fourth-order valence-electron chi connectivity index (χ4n) is 1.75. The van der Waals surface area contributed by atoms with Crippen LogP contribution in [0.3, 0.4) is 0 Å². The van der Waals surface area contributed by atoms with E-state index in [0.717, 1.165) is 32.5 Å². The number of ether oxygens (including phenoxy) is 1. The van der Waals surface area contributed by atoms with Crippen molar-refractivity contribution in [2.45, 2.75) is 65.5 Å². The zero-order valence-electron chi connectivity index (χ0n) is 12.0. The Balaban J connectivity index is 3.67. The van der Waals surface area contributed by atoms with Crippen LogP contribution >= 0.6 is 0 Å². The molecule has 0 saturated carbocycles. The monoisotopic (exact) mass is 240 g/mol. The van der Waals surface area contributed by atoms with Crippen molar-refractivity contribution >= 4 is 0 Å². The first kappa shape index (κ1) is 16.4. The number of rotatable bonds is 9. The predicted octanol–water partition coefficient (Wildman–Crippen LogP) is 3.11. The van der Waals surface area contributed by atoms with E-state index in [1.165, 1.54) is 0 Å². The second-order valence-electron chi connectivity index (χ2n) is 5.64. The van der Waals surface area contributed by atoms with Crippen LogP contribution in [0.5, 0.6) is 0 Å². The van der Waals surface area contributed by atoms with Crippen molar-refractivity contribution in [1.82, 2.24) is 5.32 Å². The van der Waals surface area contributed by atoms with Gasteiger partial charge in [0.2, 0.25) is 0 Å². The van der Waals surface area contributed by atoms with Gasteiger partial charge in [-0.1, -0.05) is 13.8 Å². The lowest BCUT2D eigenvalue weighted by atomic mass is 9.97. The van der Waals surface area contributed by atoms with E-state index < -0.39 is 5.54 Å². The van der Waals surface area contributed by atoms with Crippen molar-refractivity contribution in [2.75, 3.05) is 13.2 Å². The molecular formula is C14H28N2O. The Labute approximate surface area is 107 Å². The summed E-state index contributed by atoms with van der Waals surface area (Å²) in [6, 6.07) is 2.69. The quantitative estimate of drug-likeness (QED) is 0.630. The molecule has 0 bridgehead atoms. The highest BCUT2D eigenvalue weighted by Crippen LogP contribution is 2.12. The molecule has 1 N–H and O–H groups in total. The average Bonchev–Trinajstić information content (AvgIpc) is 2.22. The maximum atomic E-state index is 9.16. The molecule has 0 aromatic carbocycles. The molecule has 0 rings (SSSR count). The van der Waals surface area contributed by atoms with E-state index in [0.29, 0.717) is 12.0 Å². The highest BCUT2D eigenvalue weighted by atomic mass is 16.5. The fourth-order valence-corrected chi connectivity index (χ4v) is 1.75. The minimum Gasteiger partial charge on any atom is -0.381 e. The maximum absolute atomic E-state index is 9.16. The van der Waals surface area contributed by atoms with Gasteiger partial charge in [0.25, 0.3) is 0 Å². The molecule has 0 aliphatic rings. The molecule has 0 heterocycles. The SMILES string of the molecule is CC(C)CCOCCCC(C)(C#N)NC(C)C. The van der Waals surface area contributed by atoms with Gasteiger partial charge in [-0.05, 0) is 46.0 Å². The predicted molar refractivity (Wildman–Crippen MR) is 71.8 cm³/mol. The third-order valence-electron chi connectivity index (χ3n) is 2.66. The molecule has 0 aromatic rings. The smallest absolute Gasteiger partial charge is 0.104 e. The summed E-state index contributed by atoms with van der Waals surface area (Å²) in [6.45, 7) is 12.1. The molecule has 0 aromatic heterocycles. The van der Waals surface area contributed by atoms with Gasteiger partial charge in [-0.3, -0.25) is 5.32 Å². The van der Waals surface area contributed by atoms with E-state index in [1.54, 1.807) is 0 Å². The van der Waals surface area contributed by atoms with Crippen LogP contribution in [0.15, 0.2) is 0 Å². The molecule has 0 amide bonds. The molecule has 0 saturated heterocycles. The van der Waals surface area contributed by atoms with Crippen LogP contribution in [0.1, 0.15) is 53.9 Å². The van der Waals surface area contributed by atoms with Crippen molar-refractivity contribution in [2.24, 2.45) is 5.92 Å². The van der Waals surface area contributed by atoms with Gasteiger partial charge in [0.05, 0.1) is 6.07 Å². The Hall–Kier alpha value is -0.590. The van der Waals surface area contributed by atoms with Crippen LogP contribution in [-0.4, -0.2) is 24.8 Å². The first-order valence-electron chi connectivity index (χ1n) is 6.66. The van der Waals surface area contributed by atoms with Gasteiger partial charge < -0.3 is 4.74 Å². The summed E-state index contributed by atoms with van der Waals surface area (Å²) in [5.41, 5.74) is -0.421. The van der Waals surface area contributed by atoms with Crippen LogP contribution in [-0.2, 0) is 4.74 Å². The second-order valence-corrected chi connectivity index (χ2v) is 5.64. The first-order valence-corrected chi connectivity index (χ1v) is 6.66. The number of nitriles is 1. The Morgan fingerprint density at radius 3 is 2.35 bits per heavy atom. The van der Waals surface area contributed by atoms with Crippen molar-refractivity contribution in [3.63, 3.8) is 0 Å². The molecule has 1 unspecified atom stereocenters. The second kappa shape index (κ2) is 8.49. The van der Waals surface area contributed by atoms with Crippen LogP contribution in [0.25, 0.3) is 0 Å². The van der Waals surface area contributed by atoms with Crippen molar-refractivity contribution in [3.8, 4) is 6.07 Å². The zero-order valence-corrected chi connectivity index (χ0v) is 12.0. The lowest BCUT2D eigenvalue weighted by Crippen LogP contribution is -2.45. The highest BCUT2D eigenvalue weighted by Gasteiger charge is 2.23. The normalized spacial score (nSPS) is 14.9. The van der Waals surface area contributed by atoms with E-state index in [2.05, 4.69) is 39.1 Å². The Kier molecular flexibility index (Phi) is 8.20. The maximum Gasteiger partial charge on any atom is 0.104 e. The van der Waals surface area contributed by atoms with E-state index in [1.807, 2.05) is 6.92 Å². The lowest BCUT2D eigenvalue weighted by molar-refractivity contribution is 0.116. The van der Waals surface area contributed by atoms with Gasteiger partial charge in [0.1, 0.15) is 5.54 Å². The van der Waals surface area contributed by atoms with Crippen LogP contribution in [0, 0.1) is 17.2 Å². The number of hydrogen-bond donors (Lipinski definition) is 1. The summed E-state index contributed by atoms with van der Waals surface area (Å²) >= 11 is 0. The van der Waals surface area contributed by atoms with Crippen LogP contribution in [0.2, 0.25) is 0 Å². The summed E-state index contributed by atoms with van der Waals surface area (Å²) in [7, 11) is 0. The molecule has 0 fully saturated rings. The van der Waals surface area contributed by atoms with Gasteiger partial charge in [-0.15, -0.1) is 0 Å². The van der Waals surface area contributed by atoms with Gasteiger partial charge in [-0.25, -0.2) is 0 Å². The van der Waals surface area contributed by atoms with Gasteiger partial charge in [0.15, 0.2) is 0 Å². The molecule has 0 spiro atoms. The summed E-state index contributed by atoms with van der Waals surface area (Å²) in [5.74, 6) is 0.696. The van der Waals surface area contributed by atoms with Gasteiger partial charge in [0, 0.05) is 19.3 Å². The summed E-state index contributed by atoms with van der Waals surface area (Å²) in [6.07, 6.45) is 2.88. The Morgan fingerprint density at radius 1 is 1.24 bits per heavy atom. The van der Waals surface area contributed by atoms with Crippen LogP contribution in [0.4, 0.5) is 0 Å². The summed E-state index contributed by atoms with van der Waals surface area (Å²) in [5, 5.41) is 12.5. The molecule has 17 heavy (non-hydrogen) atoms. The molecule has 0 aliphatic carbocycles. The first-order chi connectivity index (χ1) is 7.89. The van der Waals surface area contributed by atoms with Gasteiger partial charge >= 0.3 is 0 Å². The minimum absolute atomic E-state index is 0.335. The van der Waals surface area contributed by atoms with Crippen molar-refractivity contribution in [3.05, 3.63) is 0 Å². The molecule has 3 nitrogen and oxygen atoms in total. The molecule has 100 valence electrons. The molecular weight excluding hydrogens is 212 g/mol. The van der Waals surface area contributed by atoms with Gasteiger partial charge in [-0.2, -0.15) is 5.26 Å². The standard InChI is InChI=1S/C14H28N2O/c1-12(2)7-10-17-9-6-8-14(5,11-15)16-13(3)4/h12-13,16H,6-10H2,1-5H3. The summed E-state index contributed by atoms with van der Waals surface area (Å²) < 4.78 is 5.55. The third kappa shape index (κ3) is 9.14. The number of nitrogens with zero attached hydrogens (tertiary/aromatic N) is 1. The fraction of sp³-hybridized carbons (Fsp3) is 0.929. The zero-order chi connectivity index (χ0) is 13.3. The average molecular weight is 240 g/mol. The van der Waals surface area contributed by atoms with Crippen molar-refractivity contribution in [1.29, 1.82) is 5.26 Å². The molecule has 0 aliphatic heterocycles.